The van der Waals surface area contributed by atoms with Crippen molar-refractivity contribution in [1.82, 2.24) is 9.80 Å². The first-order valence-corrected chi connectivity index (χ1v) is 10.3. The summed E-state index contributed by atoms with van der Waals surface area (Å²) in [6.07, 6.45) is 1.93. The fraction of sp³-hybridized carbons (Fsp3) is 0.391. The molecule has 1 fully saturated rings. The number of carbonyl (C=O) groups is 2. The zero-order valence-electron chi connectivity index (χ0n) is 16.3. The van der Waals surface area contributed by atoms with Gasteiger partial charge >= 0.3 is 0 Å². The summed E-state index contributed by atoms with van der Waals surface area (Å²) in [5.74, 6) is 0.225. The van der Waals surface area contributed by atoms with Crippen LogP contribution in [0, 0.1) is 5.92 Å². The van der Waals surface area contributed by atoms with Gasteiger partial charge in [-0.2, -0.15) is 0 Å². The number of hydrogen-bond acceptors (Lipinski definition) is 2. The average Bonchev–Trinajstić information content (AvgIpc) is 2.96. The molecule has 0 saturated carbocycles. The average molecular weight is 399 g/mol. The summed E-state index contributed by atoms with van der Waals surface area (Å²) in [6, 6.07) is 17.5. The predicted octanol–water partition coefficient (Wildman–Crippen LogP) is 3.82. The normalized spacial score (nSPS) is 15.8. The van der Waals surface area contributed by atoms with Crippen molar-refractivity contribution in [1.29, 1.82) is 0 Å². The number of amides is 2. The van der Waals surface area contributed by atoms with E-state index in [9.17, 15) is 9.59 Å². The summed E-state index contributed by atoms with van der Waals surface area (Å²) in [6.45, 7) is 4.59. The van der Waals surface area contributed by atoms with Gasteiger partial charge in [0.15, 0.2) is 0 Å². The van der Waals surface area contributed by atoms with Gasteiger partial charge in [-0.25, -0.2) is 0 Å². The molecule has 5 heteroatoms. The highest BCUT2D eigenvalue weighted by Gasteiger charge is 2.25. The van der Waals surface area contributed by atoms with Gasteiger partial charge in [0.1, 0.15) is 0 Å². The molecule has 0 radical (unpaired) electrons. The van der Waals surface area contributed by atoms with Crippen molar-refractivity contribution < 1.29 is 9.59 Å². The van der Waals surface area contributed by atoms with Crippen LogP contribution in [0.25, 0.3) is 0 Å². The lowest BCUT2D eigenvalue weighted by Crippen LogP contribution is -2.40. The minimum absolute atomic E-state index is 0.0567. The Kier molecular flexibility index (Phi) is 7.10. The van der Waals surface area contributed by atoms with Gasteiger partial charge in [0.05, 0.1) is 6.42 Å². The molecule has 3 rings (SSSR count). The zero-order valence-corrected chi connectivity index (χ0v) is 17.1. The lowest BCUT2D eigenvalue weighted by molar-refractivity contribution is -0.135. The Balaban J connectivity index is 1.52. The second-order valence-corrected chi connectivity index (χ2v) is 7.89. The van der Waals surface area contributed by atoms with Crippen LogP contribution in [0.15, 0.2) is 54.6 Å². The standard InChI is InChI=1S/C23H27ClN2O2/c1-18(16-19-6-3-2-4-7-19)23(28)26-13-5-12-25(14-15-26)22(27)17-20-8-10-21(24)11-9-20/h2-4,6-11,18H,5,12-17H2,1H3. The summed E-state index contributed by atoms with van der Waals surface area (Å²) < 4.78 is 0. The van der Waals surface area contributed by atoms with E-state index >= 15 is 0 Å². The molecule has 28 heavy (non-hydrogen) atoms. The van der Waals surface area contributed by atoms with Crippen LogP contribution < -0.4 is 0 Å². The predicted molar refractivity (Wildman–Crippen MR) is 112 cm³/mol. The maximum atomic E-state index is 12.9. The summed E-state index contributed by atoms with van der Waals surface area (Å²) in [4.78, 5) is 29.3. The number of nitrogens with zero attached hydrogens (tertiary/aromatic N) is 2. The molecule has 2 aromatic carbocycles. The van der Waals surface area contributed by atoms with Crippen molar-refractivity contribution >= 4 is 23.4 Å². The zero-order chi connectivity index (χ0) is 19.9. The van der Waals surface area contributed by atoms with Gasteiger partial charge in [-0.15, -0.1) is 0 Å². The van der Waals surface area contributed by atoms with E-state index in [1.807, 2.05) is 47.1 Å². The third-order valence-corrected chi connectivity index (χ3v) is 5.49. The Morgan fingerprint density at radius 1 is 0.893 bits per heavy atom. The van der Waals surface area contributed by atoms with E-state index in [1.165, 1.54) is 5.56 Å². The quantitative estimate of drug-likeness (QED) is 0.768. The maximum absolute atomic E-state index is 12.9. The highest BCUT2D eigenvalue weighted by molar-refractivity contribution is 6.30. The fourth-order valence-corrected chi connectivity index (χ4v) is 3.77. The van der Waals surface area contributed by atoms with Crippen LogP contribution in [-0.2, 0) is 22.4 Å². The van der Waals surface area contributed by atoms with Crippen LogP contribution in [0.2, 0.25) is 5.02 Å². The van der Waals surface area contributed by atoms with Crippen LogP contribution in [0.4, 0.5) is 0 Å². The largest absolute Gasteiger partial charge is 0.341 e. The van der Waals surface area contributed by atoms with E-state index in [4.69, 9.17) is 11.6 Å². The number of rotatable bonds is 5. The maximum Gasteiger partial charge on any atom is 0.227 e. The first-order valence-electron chi connectivity index (χ1n) is 9.88. The van der Waals surface area contributed by atoms with Crippen molar-refractivity contribution in [3.63, 3.8) is 0 Å². The van der Waals surface area contributed by atoms with Crippen molar-refractivity contribution in [2.45, 2.75) is 26.2 Å². The van der Waals surface area contributed by atoms with Gasteiger partial charge in [-0.3, -0.25) is 9.59 Å². The van der Waals surface area contributed by atoms with Gasteiger partial charge in [-0.05, 0) is 36.1 Å². The van der Waals surface area contributed by atoms with Crippen molar-refractivity contribution in [2.24, 2.45) is 5.92 Å². The molecular formula is C23H27ClN2O2. The van der Waals surface area contributed by atoms with Crippen LogP contribution in [-0.4, -0.2) is 47.8 Å². The molecule has 2 amide bonds. The Morgan fingerprint density at radius 3 is 2.25 bits per heavy atom. The molecule has 2 aromatic rings. The number of carbonyl (C=O) groups excluding carboxylic acids is 2. The van der Waals surface area contributed by atoms with Crippen molar-refractivity contribution in [2.75, 3.05) is 26.2 Å². The Morgan fingerprint density at radius 2 is 1.54 bits per heavy atom. The van der Waals surface area contributed by atoms with E-state index in [0.717, 1.165) is 18.4 Å². The van der Waals surface area contributed by atoms with E-state index in [0.29, 0.717) is 37.6 Å². The summed E-state index contributed by atoms with van der Waals surface area (Å²) in [5.41, 5.74) is 2.14. The first-order chi connectivity index (χ1) is 13.5. The van der Waals surface area contributed by atoms with Crippen LogP contribution in [0.3, 0.4) is 0 Å². The van der Waals surface area contributed by atoms with Gasteiger partial charge in [0, 0.05) is 37.1 Å². The van der Waals surface area contributed by atoms with Crippen molar-refractivity contribution in [3.8, 4) is 0 Å². The minimum atomic E-state index is -0.0567. The Bertz CT molecular complexity index is 792. The molecule has 1 aliphatic rings. The number of hydrogen-bond donors (Lipinski definition) is 0. The second-order valence-electron chi connectivity index (χ2n) is 7.45. The molecule has 0 bridgehead atoms. The molecule has 1 aliphatic heterocycles. The molecule has 0 aliphatic carbocycles. The van der Waals surface area contributed by atoms with Crippen LogP contribution in [0.5, 0.6) is 0 Å². The molecule has 148 valence electrons. The molecular weight excluding hydrogens is 372 g/mol. The third kappa shape index (κ3) is 5.59. The number of halogens is 1. The molecule has 1 unspecified atom stereocenters. The topological polar surface area (TPSA) is 40.6 Å². The summed E-state index contributed by atoms with van der Waals surface area (Å²) >= 11 is 5.91. The van der Waals surface area contributed by atoms with Crippen molar-refractivity contribution in [3.05, 3.63) is 70.7 Å². The first kappa shape index (κ1) is 20.4. The fourth-order valence-electron chi connectivity index (χ4n) is 3.64. The van der Waals surface area contributed by atoms with Crippen LogP contribution >= 0.6 is 11.6 Å². The van der Waals surface area contributed by atoms with Gasteiger partial charge < -0.3 is 9.80 Å². The van der Waals surface area contributed by atoms with E-state index in [-0.39, 0.29) is 17.7 Å². The Hall–Kier alpha value is -2.33. The Labute approximate surface area is 172 Å². The minimum Gasteiger partial charge on any atom is -0.341 e. The summed E-state index contributed by atoms with van der Waals surface area (Å²) in [7, 11) is 0. The molecule has 1 atom stereocenters. The lowest BCUT2D eigenvalue weighted by atomic mass is 10.00. The van der Waals surface area contributed by atoms with Crippen LogP contribution in [0.1, 0.15) is 24.5 Å². The molecule has 0 N–H and O–H groups in total. The molecule has 0 aromatic heterocycles. The molecule has 1 saturated heterocycles. The van der Waals surface area contributed by atoms with E-state index < -0.39 is 0 Å². The highest BCUT2D eigenvalue weighted by atomic mass is 35.5. The smallest absolute Gasteiger partial charge is 0.227 e. The van der Waals surface area contributed by atoms with E-state index in [2.05, 4.69) is 12.1 Å². The highest BCUT2D eigenvalue weighted by Crippen LogP contribution is 2.15. The monoisotopic (exact) mass is 398 g/mol. The molecule has 1 heterocycles. The van der Waals surface area contributed by atoms with Gasteiger partial charge in [0.25, 0.3) is 0 Å². The molecule has 0 spiro atoms. The van der Waals surface area contributed by atoms with Gasteiger partial charge in [0.2, 0.25) is 11.8 Å². The lowest BCUT2D eigenvalue weighted by Gasteiger charge is -2.25. The third-order valence-electron chi connectivity index (χ3n) is 5.24. The van der Waals surface area contributed by atoms with Gasteiger partial charge in [-0.1, -0.05) is 61.0 Å². The molecule has 4 nitrogen and oxygen atoms in total. The summed E-state index contributed by atoms with van der Waals surface area (Å²) in [5, 5.41) is 0.671. The SMILES string of the molecule is CC(Cc1ccccc1)C(=O)N1CCCN(C(=O)Cc2ccc(Cl)cc2)CC1. The van der Waals surface area contributed by atoms with E-state index in [1.54, 1.807) is 12.1 Å². The second kappa shape index (κ2) is 9.74. The number of benzene rings is 2.